The van der Waals surface area contributed by atoms with E-state index in [-0.39, 0.29) is 31.0 Å². The van der Waals surface area contributed by atoms with Crippen molar-refractivity contribution in [2.75, 3.05) is 26.7 Å². The van der Waals surface area contributed by atoms with E-state index in [0.29, 0.717) is 6.54 Å². The standard InChI is InChI=1S/C11H20N2O4/c1-13(5-6-14)10(17)12-8-11(3-2-4-11)7-9(15)16/h14H,2-8H2,1H3,(H,12,17)(H,15,16). The van der Waals surface area contributed by atoms with E-state index >= 15 is 0 Å². The van der Waals surface area contributed by atoms with Gasteiger partial charge in [0.15, 0.2) is 0 Å². The molecular weight excluding hydrogens is 224 g/mol. The van der Waals surface area contributed by atoms with Crippen molar-refractivity contribution in [1.82, 2.24) is 10.2 Å². The molecule has 2 amide bonds. The van der Waals surface area contributed by atoms with Gasteiger partial charge >= 0.3 is 12.0 Å². The predicted molar refractivity (Wildman–Crippen MR) is 61.7 cm³/mol. The summed E-state index contributed by atoms with van der Waals surface area (Å²) in [6, 6.07) is -0.268. The number of rotatable bonds is 6. The number of nitrogens with one attached hydrogen (secondary N) is 1. The molecule has 0 aliphatic heterocycles. The van der Waals surface area contributed by atoms with Crippen LogP contribution >= 0.6 is 0 Å². The average Bonchev–Trinajstić information content (AvgIpc) is 2.21. The summed E-state index contributed by atoms with van der Waals surface area (Å²) in [4.78, 5) is 23.7. The molecule has 17 heavy (non-hydrogen) atoms. The third-order valence-corrected chi connectivity index (χ3v) is 3.34. The molecular formula is C11H20N2O4. The number of aliphatic carboxylic acids is 1. The lowest BCUT2D eigenvalue weighted by molar-refractivity contribution is -0.141. The Morgan fingerprint density at radius 1 is 1.41 bits per heavy atom. The van der Waals surface area contributed by atoms with E-state index in [0.717, 1.165) is 19.3 Å². The Labute approximate surface area is 101 Å². The van der Waals surface area contributed by atoms with E-state index in [1.54, 1.807) is 7.05 Å². The summed E-state index contributed by atoms with van der Waals surface area (Å²) in [5, 5.41) is 20.2. The first-order valence-corrected chi connectivity index (χ1v) is 5.81. The van der Waals surface area contributed by atoms with Gasteiger partial charge in [0, 0.05) is 20.1 Å². The highest BCUT2D eigenvalue weighted by Gasteiger charge is 2.39. The van der Waals surface area contributed by atoms with Gasteiger partial charge < -0.3 is 20.4 Å². The van der Waals surface area contributed by atoms with Crippen molar-refractivity contribution in [3.8, 4) is 0 Å². The lowest BCUT2D eigenvalue weighted by Gasteiger charge is -2.41. The molecule has 1 aliphatic rings. The largest absolute Gasteiger partial charge is 0.481 e. The first-order valence-electron chi connectivity index (χ1n) is 5.81. The number of nitrogens with zero attached hydrogens (tertiary/aromatic N) is 1. The Bertz CT molecular complexity index is 289. The number of carboxylic acid groups (broad SMARTS) is 1. The highest BCUT2D eigenvalue weighted by molar-refractivity contribution is 5.74. The third-order valence-electron chi connectivity index (χ3n) is 3.34. The second kappa shape index (κ2) is 5.86. The molecule has 0 bridgehead atoms. The second-order valence-corrected chi connectivity index (χ2v) is 4.73. The minimum Gasteiger partial charge on any atom is -0.481 e. The molecule has 0 aromatic rings. The maximum absolute atomic E-state index is 11.6. The molecule has 98 valence electrons. The van der Waals surface area contributed by atoms with Gasteiger partial charge in [-0.1, -0.05) is 6.42 Å². The van der Waals surface area contributed by atoms with Crippen molar-refractivity contribution in [2.45, 2.75) is 25.7 Å². The molecule has 0 unspecified atom stereocenters. The first kappa shape index (κ1) is 13.8. The maximum Gasteiger partial charge on any atom is 0.317 e. The minimum absolute atomic E-state index is 0.0792. The molecule has 1 saturated carbocycles. The molecule has 6 heteroatoms. The van der Waals surface area contributed by atoms with Crippen molar-refractivity contribution in [3.05, 3.63) is 0 Å². The van der Waals surface area contributed by atoms with Crippen LogP contribution in [-0.2, 0) is 4.79 Å². The van der Waals surface area contributed by atoms with Gasteiger partial charge in [0.25, 0.3) is 0 Å². The van der Waals surface area contributed by atoms with Gasteiger partial charge in [-0.3, -0.25) is 4.79 Å². The van der Waals surface area contributed by atoms with Crippen LogP contribution in [0.3, 0.4) is 0 Å². The normalized spacial score (nSPS) is 17.1. The number of aliphatic hydroxyl groups is 1. The molecule has 0 atom stereocenters. The monoisotopic (exact) mass is 244 g/mol. The van der Waals surface area contributed by atoms with Crippen LogP contribution in [0.15, 0.2) is 0 Å². The second-order valence-electron chi connectivity index (χ2n) is 4.73. The smallest absolute Gasteiger partial charge is 0.317 e. The van der Waals surface area contributed by atoms with Crippen LogP contribution in [0.4, 0.5) is 4.79 Å². The summed E-state index contributed by atoms with van der Waals surface area (Å²) in [5.74, 6) is -0.817. The van der Waals surface area contributed by atoms with Crippen molar-refractivity contribution in [1.29, 1.82) is 0 Å². The fraction of sp³-hybridized carbons (Fsp3) is 0.818. The van der Waals surface area contributed by atoms with E-state index < -0.39 is 5.97 Å². The molecule has 0 aromatic heterocycles. The number of hydrogen-bond donors (Lipinski definition) is 3. The first-order chi connectivity index (χ1) is 7.99. The Kier molecular flexibility index (Phi) is 4.74. The fourth-order valence-electron chi connectivity index (χ4n) is 2.06. The lowest BCUT2D eigenvalue weighted by Crippen LogP contribution is -2.47. The molecule has 0 heterocycles. The molecule has 0 aromatic carbocycles. The number of aliphatic hydroxyl groups excluding tert-OH is 1. The minimum atomic E-state index is -0.817. The molecule has 1 aliphatic carbocycles. The van der Waals surface area contributed by atoms with Crippen LogP contribution in [0.25, 0.3) is 0 Å². The van der Waals surface area contributed by atoms with Crippen LogP contribution < -0.4 is 5.32 Å². The zero-order chi connectivity index (χ0) is 12.9. The molecule has 0 radical (unpaired) electrons. The quantitative estimate of drug-likeness (QED) is 0.625. The van der Waals surface area contributed by atoms with Crippen molar-refractivity contribution < 1.29 is 19.8 Å². The Morgan fingerprint density at radius 2 is 2.06 bits per heavy atom. The summed E-state index contributed by atoms with van der Waals surface area (Å²) in [6.45, 7) is 0.593. The number of urea groups is 1. The van der Waals surface area contributed by atoms with Gasteiger partial charge in [-0.25, -0.2) is 4.79 Å². The summed E-state index contributed by atoms with van der Waals surface area (Å²) in [7, 11) is 1.59. The van der Waals surface area contributed by atoms with Gasteiger partial charge in [0.05, 0.1) is 13.0 Å². The number of likely N-dealkylation sites (N-methyl/N-ethyl adjacent to an activating group) is 1. The van der Waals surface area contributed by atoms with Crippen LogP contribution in [0.5, 0.6) is 0 Å². The van der Waals surface area contributed by atoms with Gasteiger partial charge in [0.2, 0.25) is 0 Å². The summed E-state index contributed by atoms with van der Waals surface area (Å²) in [6.07, 6.45) is 2.83. The van der Waals surface area contributed by atoms with Crippen molar-refractivity contribution in [2.24, 2.45) is 5.41 Å². The highest BCUT2D eigenvalue weighted by Crippen LogP contribution is 2.43. The van der Waals surface area contributed by atoms with Gasteiger partial charge in [-0.15, -0.1) is 0 Å². The van der Waals surface area contributed by atoms with E-state index in [2.05, 4.69) is 5.32 Å². The van der Waals surface area contributed by atoms with Gasteiger partial charge in [0.1, 0.15) is 0 Å². The van der Waals surface area contributed by atoms with Crippen LogP contribution in [0.1, 0.15) is 25.7 Å². The third kappa shape index (κ3) is 3.89. The molecule has 0 saturated heterocycles. The summed E-state index contributed by atoms with van der Waals surface area (Å²) >= 11 is 0. The molecule has 6 nitrogen and oxygen atoms in total. The van der Waals surface area contributed by atoms with Crippen molar-refractivity contribution in [3.63, 3.8) is 0 Å². The van der Waals surface area contributed by atoms with Gasteiger partial charge in [-0.2, -0.15) is 0 Å². The lowest BCUT2D eigenvalue weighted by atomic mass is 9.66. The number of carboxylic acids is 1. The SMILES string of the molecule is CN(CCO)C(=O)NCC1(CC(=O)O)CCC1. The summed E-state index contributed by atoms with van der Waals surface area (Å²) < 4.78 is 0. The maximum atomic E-state index is 11.6. The van der Waals surface area contributed by atoms with E-state index in [1.807, 2.05) is 0 Å². The molecule has 1 rings (SSSR count). The van der Waals surface area contributed by atoms with Crippen LogP contribution in [0, 0.1) is 5.41 Å². The molecule has 1 fully saturated rings. The topological polar surface area (TPSA) is 89.9 Å². The fourth-order valence-corrected chi connectivity index (χ4v) is 2.06. The Balaban J connectivity index is 2.37. The van der Waals surface area contributed by atoms with Crippen LogP contribution in [-0.4, -0.2) is 53.9 Å². The zero-order valence-corrected chi connectivity index (χ0v) is 10.1. The number of carbonyl (C=O) groups is 2. The highest BCUT2D eigenvalue weighted by atomic mass is 16.4. The predicted octanol–water partition coefficient (Wildman–Crippen LogP) is 0.265. The van der Waals surface area contributed by atoms with Crippen LogP contribution in [0.2, 0.25) is 0 Å². The number of hydrogen-bond acceptors (Lipinski definition) is 3. The molecule has 0 spiro atoms. The van der Waals surface area contributed by atoms with E-state index in [9.17, 15) is 9.59 Å². The van der Waals surface area contributed by atoms with Gasteiger partial charge in [-0.05, 0) is 18.3 Å². The average molecular weight is 244 g/mol. The summed E-state index contributed by atoms with van der Waals surface area (Å²) in [5.41, 5.74) is -0.262. The molecule has 3 N–H and O–H groups in total. The Hall–Kier alpha value is -1.30. The van der Waals surface area contributed by atoms with E-state index in [1.165, 1.54) is 4.90 Å². The Morgan fingerprint density at radius 3 is 2.47 bits per heavy atom. The van der Waals surface area contributed by atoms with Crippen molar-refractivity contribution >= 4 is 12.0 Å². The van der Waals surface area contributed by atoms with E-state index in [4.69, 9.17) is 10.2 Å². The zero-order valence-electron chi connectivity index (χ0n) is 10.1. The number of amides is 2. The number of carbonyl (C=O) groups excluding carboxylic acids is 1.